The normalized spacial score (nSPS) is 40.4. The molecule has 1 aromatic rings. The molecule has 4 heteroatoms. The van der Waals surface area contributed by atoms with E-state index in [1.54, 1.807) is 9.80 Å². The average molecular weight is 398 g/mol. The van der Waals surface area contributed by atoms with E-state index in [4.69, 9.17) is 0 Å². The van der Waals surface area contributed by atoms with E-state index in [0.717, 1.165) is 37.0 Å². The van der Waals surface area contributed by atoms with Gasteiger partial charge in [0.1, 0.15) is 32.2 Å². The Kier molecular flexibility index (Phi) is 5.19. The number of rotatable bonds is 5. The minimum absolute atomic E-state index is 0.0498. The highest BCUT2D eigenvalue weighted by molar-refractivity contribution is 5.83. The van der Waals surface area contributed by atoms with Crippen LogP contribution in [0.2, 0.25) is 0 Å². The first-order chi connectivity index (χ1) is 14.0. The van der Waals surface area contributed by atoms with E-state index in [1.165, 1.54) is 51.0 Å². The quantitative estimate of drug-likeness (QED) is 0.678. The summed E-state index contributed by atoms with van der Waals surface area (Å²) in [4.78, 5) is 16.9. The first-order valence-corrected chi connectivity index (χ1v) is 12.0. The number of hydrogen-bond donors (Lipinski definition) is 3. The SMILES string of the molecule is C[C@@H](NC(=O)C12CC3CC(CC(C3)C1)C2)[C@@H](c1ccccc1)[NH+]1CC[NH+](C)CC1. The van der Waals surface area contributed by atoms with Gasteiger partial charge in [-0.05, 0) is 63.2 Å². The van der Waals surface area contributed by atoms with Crippen molar-refractivity contribution in [1.29, 1.82) is 0 Å². The zero-order valence-corrected chi connectivity index (χ0v) is 18.3. The molecule has 3 N–H and O–H groups in total. The maximum atomic E-state index is 13.7. The molecule has 0 unspecified atom stereocenters. The van der Waals surface area contributed by atoms with Crippen molar-refractivity contribution in [2.75, 3.05) is 33.2 Å². The molecule has 1 aliphatic heterocycles. The molecule has 158 valence electrons. The minimum atomic E-state index is -0.0498. The van der Waals surface area contributed by atoms with Crippen LogP contribution in [0.15, 0.2) is 30.3 Å². The molecule has 1 aromatic carbocycles. The molecular formula is C25H39N3O+2. The summed E-state index contributed by atoms with van der Waals surface area (Å²) in [6, 6.07) is 11.4. The Hall–Kier alpha value is -1.39. The fraction of sp³-hybridized carbons (Fsp3) is 0.720. The van der Waals surface area contributed by atoms with Crippen molar-refractivity contribution >= 4 is 5.91 Å². The number of carbonyl (C=O) groups is 1. The lowest BCUT2D eigenvalue weighted by Crippen LogP contribution is -3.27. The second-order valence-electron chi connectivity index (χ2n) is 11.0. The van der Waals surface area contributed by atoms with Gasteiger partial charge in [-0.25, -0.2) is 0 Å². The molecule has 4 aliphatic carbocycles. The van der Waals surface area contributed by atoms with Crippen LogP contribution in [-0.2, 0) is 4.79 Å². The van der Waals surface area contributed by atoms with Crippen molar-refractivity contribution in [3.63, 3.8) is 0 Å². The number of likely N-dealkylation sites (N-methyl/N-ethyl adjacent to an activating group) is 1. The highest BCUT2D eigenvalue weighted by Gasteiger charge is 2.55. The number of piperazine rings is 1. The summed E-state index contributed by atoms with van der Waals surface area (Å²) < 4.78 is 0. The topological polar surface area (TPSA) is 38.0 Å². The highest BCUT2D eigenvalue weighted by atomic mass is 16.2. The predicted molar refractivity (Wildman–Crippen MR) is 115 cm³/mol. The van der Waals surface area contributed by atoms with Crippen LogP contribution >= 0.6 is 0 Å². The number of benzene rings is 1. The van der Waals surface area contributed by atoms with Crippen molar-refractivity contribution in [3.8, 4) is 0 Å². The summed E-state index contributed by atoms with van der Waals surface area (Å²) in [7, 11) is 2.30. The molecule has 5 aliphatic rings. The van der Waals surface area contributed by atoms with Gasteiger partial charge in [0.2, 0.25) is 5.91 Å². The molecule has 4 saturated carbocycles. The Balaban J connectivity index is 1.34. The molecule has 4 nitrogen and oxygen atoms in total. The summed E-state index contributed by atoms with van der Waals surface area (Å²) in [5.74, 6) is 2.83. The Morgan fingerprint density at radius 3 is 2.07 bits per heavy atom. The van der Waals surface area contributed by atoms with Gasteiger partial charge in [0.25, 0.3) is 0 Å². The molecule has 6 rings (SSSR count). The predicted octanol–water partition coefficient (Wildman–Crippen LogP) is 0.862. The standard InChI is InChI=1S/C25H37N3O/c1-18(23(22-6-4-3-5-7-22)28-10-8-27(2)9-11-28)26-24(29)25-15-19-12-20(16-25)14-21(13-19)17-25/h3-7,18-21,23H,8-17H2,1-2H3,(H,26,29)/p+2/t18-,19?,20?,21?,23+,25?/m1/s1. The van der Waals surface area contributed by atoms with Gasteiger partial charge >= 0.3 is 0 Å². The van der Waals surface area contributed by atoms with Gasteiger partial charge in [-0.15, -0.1) is 0 Å². The van der Waals surface area contributed by atoms with Gasteiger partial charge in [-0.2, -0.15) is 0 Å². The molecule has 1 saturated heterocycles. The summed E-state index contributed by atoms with van der Waals surface area (Å²) >= 11 is 0. The zero-order valence-electron chi connectivity index (χ0n) is 18.3. The molecular weight excluding hydrogens is 358 g/mol. The maximum Gasteiger partial charge on any atom is 0.226 e. The molecule has 2 atom stereocenters. The third-order valence-electron chi connectivity index (χ3n) is 8.72. The highest BCUT2D eigenvalue weighted by Crippen LogP contribution is 2.60. The number of hydrogen-bond acceptors (Lipinski definition) is 1. The first kappa shape index (κ1) is 19.6. The number of quaternary nitrogens is 2. The Labute approximate surface area is 176 Å². The summed E-state index contributed by atoms with van der Waals surface area (Å²) in [5.41, 5.74) is 1.33. The molecule has 29 heavy (non-hydrogen) atoms. The third-order valence-corrected chi connectivity index (χ3v) is 8.72. The second kappa shape index (κ2) is 7.70. The molecule has 1 amide bonds. The van der Waals surface area contributed by atoms with Crippen molar-refractivity contribution in [2.24, 2.45) is 23.2 Å². The van der Waals surface area contributed by atoms with Crippen molar-refractivity contribution in [1.82, 2.24) is 5.32 Å². The molecule has 0 radical (unpaired) electrons. The fourth-order valence-electron chi connectivity index (χ4n) is 7.68. The largest absolute Gasteiger partial charge is 0.347 e. The second-order valence-corrected chi connectivity index (χ2v) is 11.0. The number of amides is 1. The Morgan fingerprint density at radius 1 is 0.966 bits per heavy atom. The minimum Gasteiger partial charge on any atom is -0.347 e. The summed E-state index contributed by atoms with van der Waals surface area (Å²) in [6.07, 6.45) is 7.63. The van der Waals surface area contributed by atoms with E-state index in [9.17, 15) is 4.79 Å². The van der Waals surface area contributed by atoms with Gasteiger partial charge < -0.3 is 15.1 Å². The lowest BCUT2D eigenvalue weighted by atomic mass is 9.49. The van der Waals surface area contributed by atoms with E-state index in [-0.39, 0.29) is 11.5 Å². The zero-order chi connectivity index (χ0) is 20.0. The first-order valence-electron chi connectivity index (χ1n) is 12.0. The van der Waals surface area contributed by atoms with Gasteiger partial charge in [-0.1, -0.05) is 30.3 Å². The van der Waals surface area contributed by atoms with Crippen molar-refractivity contribution in [3.05, 3.63) is 35.9 Å². The molecule has 5 fully saturated rings. The molecule has 0 spiro atoms. The smallest absolute Gasteiger partial charge is 0.226 e. The van der Waals surface area contributed by atoms with Crippen LogP contribution in [0.1, 0.15) is 57.1 Å². The van der Waals surface area contributed by atoms with Gasteiger partial charge in [-0.3, -0.25) is 4.79 Å². The molecule has 1 heterocycles. The Bertz CT molecular complexity index is 690. The number of carbonyl (C=O) groups excluding carboxylic acids is 1. The van der Waals surface area contributed by atoms with E-state index < -0.39 is 0 Å². The van der Waals surface area contributed by atoms with Gasteiger partial charge in [0, 0.05) is 11.0 Å². The van der Waals surface area contributed by atoms with Crippen LogP contribution in [0, 0.1) is 23.2 Å². The van der Waals surface area contributed by atoms with Crippen LogP contribution in [0.3, 0.4) is 0 Å². The maximum absolute atomic E-state index is 13.7. The van der Waals surface area contributed by atoms with Gasteiger partial charge in [0.15, 0.2) is 0 Å². The Morgan fingerprint density at radius 2 is 1.52 bits per heavy atom. The average Bonchev–Trinajstić information content (AvgIpc) is 2.69. The summed E-state index contributed by atoms with van der Waals surface area (Å²) in [5, 5.41) is 3.58. The lowest BCUT2D eigenvalue weighted by molar-refractivity contribution is -1.02. The van der Waals surface area contributed by atoms with Gasteiger partial charge in [0.05, 0.1) is 13.1 Å². The van der Waals surface area contributed by atoms with E-state index >= 15 is 0 Å². The van der Waals surface area contributed by atoms with Crippen LogP contribution in [0.4, 0.5) is 0 Å². The van der Waals surface area contributed by atoms with Crippen LogP contribution < -0.4 is 15.1 Å². The lowest BCUT2D eigenvalue weighted by Gasteiger charge is -2.56. The van der Waals surface area contributed by atoms with Crippen LogP contribution in [-0.4, -0.2) is 45.2 Å². The number of nitrogens with one attached hydrogen (secondary N) is 3. The molecule has 0 aromatic heterocycles. The van der Waals surface area contributed by atoms with E-state index in [1.807, 2.05) is 0 Å². The third kappa shape index (κ3) is 3.74. The summed E-state index contributed by atoms with van der Waals surface area (Å²) in [6.45, 7) is 7.06. The fourth-order valence-corrected chi connectivity index (χ4v) is 7.68. The monoisotopic (exact) mass is 397 g/mol. The van der Waals surface area contributed by atoms with E-state index in [2.05, 4.69) is 49.6 Å². The molecule has 4 bridgehead atoms. The van der Waals surface area contributed by atoms with E-state index in [0.29, 0.717) is 11.9 Å². The van der Waals surface area contributed by atoms with Crippen LogP contribution in [0.25, 0.3) is 0 Å². The van der Waals surface area contributed by atoms with Crippen molar-refractivity contribution < 1.29 is 14.6 Å². The van der Waals surface area contributed by atoms with Crippen LogP contribution in [0.5, 0.6) is 0 Å². The van der Waals surface area contributed by atoms with Crippen molar-refractivity contribution in [2.45, 2.75) is 57.5 Å².